The molecule has 0 spiro atoms. The molecule has 20 heavy (non-hydrogen) atoms. The van der Waals surface area contributed by atoms with Crippen LogP contribution in [-0.2, 0) is 11.4 Å². The molecule has 7 nitrogen and oxygen atoms in total. The first-order valence-corrected chi connectivity index (χ1v) is 6.03. The van der Waals surface area contributed by atoms with Gasteiger partial charge in [0, 0.05) is 12.2 Å². The number of anilines is 1. The Morgan fingerprint density at radius 3 is 3.00 bits per heavy atom. The van der Waals surface area contributed by atoms with E-state index in [0.29, 0.717) is 22.9 Å². The lowest BCUT2D eigenvalue weighted by Gasteiger charge is -2.16. The van der Waals surface area contributed by atoms with Crippen molar-refractivity contribution in [1.29, 1.82) is 0 Å². The zero-order chi connectivity index (χ0) is 14.1. The molecule has 1 aliphatic heterocycles. The van der Waals surface area contributed by atoms with Crippen molar-refractivity contribution >= 4 is 23.1 Å². The summed E-state index contributed by atoms with van der Waals surface area (Å²) in [4.78, 5) is 6.70. The summed E-state index contributed by atoms with van der Waals surface area (Å²) in [7, 11) is 0. The molecule has 0 atom stereocenters. The highest BCUT2D eigenvalue weighted by atomic mass is 35.5. The predicted molar refractivity (Wildman–Crippen MR) is 68.6 cm³/mol. The van der Waals surface area contributed by atoms with Crippen molar-refractivity contribution in [2.24, 2.45) is 10.9 Å². The summed E-state index contributed by atoms with van der Waals surface area (Å²) >= 11 is 5.77. The van der Waals surface area contributed by atoms with Gasteiger partial charge in [-0.1, -0.05) is 21.9 Å². The second kappa shape index (κ2) is 5.06. The monoisotopic (exact) mass is 297 g/mol. The van der Waals surface area contributed by atoms with E-state index in [4.69, 9.17) is 22.2 Å². The van der Waals surface area contributed by atoms with Crippen molar-refractivity contribution in [3.05, 3.63) is 40.4 Å². The average molecular weight is 298 g/mol. The van der Waals surface area contributed by atoms with Gasteiger partial charge in [0.1, 0.15) is 11.5 Å². The van der Waals surface area contributed by atoms with Crippen LogP contribution in [0.2, 0.25) is 5.02 Å². The summed E-state index contributed by atoms with van der Waals surface area (Å²) in [5.74, 6) is -0.117. The molecule has 2 aromatic rings. The van der Waals surface area contributed by atoms with E-state index in [2.05, 4.69) is 20.1 Å². The third kappa shape index (κ3) is 2.08. The minimum Gasteiger partial charge on any atom is -0.371 e. The summed E-state index contributed by atoms with van der Waals surface area (Å²) in [5, 5.41) is 11.3. The largest absolute Gasteiger partial charge is 0.371 e. The summed E-state index contributed by atoms with van der Waals surface area (Å²) < 4.78 is 17.9. The lowest BCUT2D eigenvalue weighted by atomic mass is 10.2. The Morgan fingerprint density at radius 2 is 2.25 bits per heavy atom. The second-order valence-corrected chi connectivity index (χ2v) is 4.37. The van der Waals surface area contributed by atoms with E-state index in [-0.39, 0.29) is 18.3 Å². The van der Waals surface area contributed by atoms with E-state index in [1.807, 2.05) is 0 Å². The van der Waals surface area contributed by atoms with Gasteiger partial charge in [-0.2, -0.15) is 0 Å². The van der Waals surface area contributed by atoms with Crippen LogP contribution in [0.4, 0.5) is 10.1 Å². The molecule has 0 amide bonds. The first kappa shape index (κ1) is 12.8. The lowest BCUT2D eigenvalue weighted by molar-refractivity contribution is 0.174. The van der Waals surface area contributed by atoms with Gasteiger partial charge in [-0.15, -0.1) is 0 Å². The molecule has 0 aliphatic carbocycles. The van der Waals surface area contributed by atoms with E-state index in [1.54, 1.807) is 11.0 Å². The number of aromatic nitrogens is 2. The minimum atomic E-state index is -0.500. The quantitative estimate of drug-likeness (QED) is 0.923. The number of hydrogen-bond acceptors (Lipinski definition) is 7. The molecule has 2 heterocycles. The fourth-order valence-corrected chi connectivity index (χ4v) is 1.96. The van der Waals surface area contributed by atoms with Gasteiger partial charge in [0.25, 0.3) is 0 Å². The van der Waals surface area contributed by atoms with Crippen molar-refractivity contribution in [2.75, 3.05) is 11.6 Å². The first-order chi connectivity index (χ1) is 9.70. The van der Waals surface area contributed by atoms with Gasteiger partial charge in [0.05, 0.1) is 5.02 Å². The van der Waals surface area contributed by atoms with Gasteiger partial charge >= 0.3 is 0 Å². The Labute approximate surface area is 117 Å². The summed E-state index contributed by atoms with van der Waals surface area (Å²) in [6.07, 6.45) is 0. The molecular formula is C11H9ClFN5O2. The highest BCUT2D eigenvalue weighted by Gasteiger charge is 2.28. The molecule has 3 rings (SSSR count). The minimum absolute atomic E-state index is 0.00563. The molecule has 0 saturated heterocycles. The van der Waals surface area contributed by atoms with Crippen molar-refractivity contribution < 1.29 is 13.9 Å². The number of hydrogen-bond donors (Lipinski definition) is 1. The summed E-state index contributed by atoms with van der Waals surface area (Å²) in [5.41, 5.74) is 6.98. The van der Waals surface area contributed by atoms with Gasteiger partial charge in [-0.25, -0.2) is 9.02 Å². The number of nitrogens with two attached hydrogens (primary N) is 1. The molecule has 0 fully saturated rings. The zero-order valence-corrected chi connectivity index (χ0v) is 10.8. The molecule has 1 aliphatic rings. The molecule has 1 aromatic heterocycles. The maximum Gasteiger partial charge on any atom is 0.207 e. The van der Waals surface area contributed by atoms with Crippen LogP contribution < -0.4 is 10.6 Å². The number of oxime groups is 1. The van der Waals surface area contributed by atoms with Crippen molar-refractivity contribution in [1.82, 2.24) is 10.3 Å². The van der Waals surface area contributed by atoms with Crippen LogP contribution in [0.15, 0.2) is 28.0 Å². The Morgan fingerprint density at radius 1 is 1.40 bits per heavy atom. The Kier molecular flexibility index (Phi) is 3.25. The van der Waals surface area contributed by atoms with Gasteiger partial charge in [0.15, 0.2) is 12.4 Å². The van der Waals surface area contributed by atoms with Crippen molar-refractivity contribution in [3.63, 3.8) is 0 Å². The van der Waals surface area contributed by atoms with E-state index in [1.165, 1.54) is 12.1 Å². The van der Waals surface area contributed by atoms with E-state index < -0.39 is 5.82 Å². The van der Waals surface area contributed by atoms with Gasteiger partial charge in [-0.3, -0.25) is 4.90 Å². The van der Waals surface area contributed by atoms with E-state index in [0.717, 1.165) is 0 Å². The van der Waals surface area contributed by atoms with E-state index >= 15 is 0 Å². The maximum absolute atomic E-state index is 13.2. The van der Waals surface area contributed by atoms with Gasteiger partial charge in [-0.05, 0) is 23.4 Å². The van der Waals surface area contributed by atoms with Crippen LogP contribution in [0, 0.1) is 5.82 Å². The second-order valence-electron chi connectivity index (χ2n) is 3.96. The van der Waals surface area contributed by atoms with Gasteiger partial charge in [0.2, 0.25) is 5.84 Å². The molecule has 2 N–H and O–H groups in total. The van der Waals surface area contributed by atoms with E-state index in [9.17, 15) is 4.39 Å². The third-order valence-corrected chi connectivity index (χ3v) is 3.06. The SMILES string of the molecule is NCc1nonc1C1=NOCN1c1ccc(F)c(Cl)c1. The van der Waals surface area contributed by atoms with Crippen LogP contribution in [0.3, 0.4) is 0 Å². The van der Waals surface area contributed by atoms with Crippen LogP contribution in [0.25, 0.3) is 0 Å². The highest BCUT2D eigenvalue weighted by molar-refractivity contribution is 6.31. The molecule has 104 valence electrons. The number of rotatable bonds is 3. The van der Waals surface area contributed by atoms with Crippen molar-refractivity contribution in [3.8, 4) is 0 Å². The fraction of sp³-hybridized carbons (Fsp3) is 0.182. The van der Waals surface area contributed by atoms with Crippen molar-refractivity contribution in [2.45, 2.75) is 6.54 Å². The van der Waals surface area contributed by atoms with Crippen LogP contribution in [0.5, 0.6) is 0 Å². The number of benzene rings is 1. The Hall–Kier alpha value is -2.19. The third-order valence-electron chi connectivity index (χ3n) is 2.77. The Balaban J connectivity index is 1.98. The van der Waals surface area contributed by atoms with Gasteiger partial charge < -0.3 is 10.6 Å². The summed E-state index contributed by atoms with van der Waals surface area (Å²) in [6, 6.07) is 4.29. The number of amidine groups is 1. The van der Waals surface area contributed by atoms with Crippen LogP contribution >= 0.6 is 11.6 Å². The molecule has 1 aromatic carbocycles. The lowest BCUT2D eigenvalue weighted by Crippen LogP contribution is -2.29. The summed E-state index contributed by atoms with van der Waals surface area (Å²) in [6.45, 7) is 0.296. The normalized spacial score (nSPS) is 14.3. The number of nitrogens with zero attached hydrogens (tertiary/aromatic N) is 4. The molecule has 0 saturated carbocycles. The molecule has 0 unspecified atom stereocenters. The molecule has 0 radical (unpaired) electrons. The topological polar surface area (TPSA) is 89.8 Å². The van der Waals surface area contributed by atoms with Crippen LogP contribution in [0.1, 0.15) is 11.4 Å². The predicted octanol–water partition coefficient (Wildman–Crippen LogP) is 1.48. The smallest absolute Gasteiger partial charge is 0.207 e. The Bertz CT molecular complexity index is 675. The highest BCUT2D eigenvalue weighted by Crippen LogP contribution is 2.26. The maximum atomic E-state index is 13.2. The zero-order valence-electron chi connectivity index (χ0n) is 10.1. The van der Waals surface area contributed by atoms with Crippen LogP contribution in [-0.4, -0.2) is 22.9 Å². The molecule has 0 bridgehead atoms. The first-order valence-electron chi connectivity index (χ1n) is 5.65. The standard InChI is InChI=1S/C11H9ClFN5O2/c12-7-3-6(1-2-8(7)13)18-5-19-17-11(18)10-9(4-14)15-20-16-10/h1-3H,4-5,14H2. The number of halogens is 2. The molecular weight excluding hydrogens is 289 g/mol. The average Bonchev–Trinajstić information content (AvgIpc) is 3.08. The molecule has 9 heteroatoms. The fourth-order valence-electron chi connectivity index (χ4n) is 1.79.